The first-order chi connectivity index (χ1) is 14.0. The topological polar surface area (TPSA) is 105 Å². The lowest BCUT2D eigenvalue weighted by molar-refractivity contribution is -0.114. The summed E-state index contributed by atoms with van der Waals surface area (Å²) >= 11 is 0. The third kappa shape index (κ3) is 5.52. The number of para-hydroxylation sites is 1. The van der Waals surface area contributed by atoms with Gasteiger partial charge in [0.15, 0.2) is 0 Å². The predicted molar refractivity (Wildman–Crippen MR) is 110 cm³/mol. The third-order valence-electron chi connectivity index (χ3n) is 3.99. The summed E-state index contributed by atoms with van der Waals surface area (Å²) in [7, 11) is 1.59. The standard InChI is InChI=1S/C21H21N5O3/c1-14(27)25-17-7-5-8-18(10-17)26-21-23-12-16(13-24-21)20(28)22-11-15-6-3-4-9-19(15)29-2/h3-10,12-13H,11H2,1-2H3,(H,22,28)(H,25,27)(H,23,24,26). The maximum absolute atomic E-state index is 12.3. The average molecular weight is 391 g/mol. The molecular weight excluding hydrogens is 370 g/mol. The van der Waals surface area contributed by atoms with Gasteiger partial charge in [-0.05, 0) is 24.3 Å². The highest BCUT2D eigenvalue weighted by Crippen LogP contribution is 2.18. The molecule has 0 aliphatic rings. The molecule has 0 saturated heterocycles. The van der Waals surface area contributed by atoms with E-state index in [-0.39, 0.29) is 11.8 Å². The molecular formula is C21H21N5O3. The van der Waals surface area contributed by atoms with Crippen LogP contribution in [-0.4, -0.2) is 28.9 Å². The zero-order valence-electron chi connectivity index (χ0n) is 16.1. The van der Waals surface area contributed by atoms with E-state index in [1.165, 1.54) is 19.3 Å². The van der Waals surface area contributed by atoms with Crippen LogP contribution in [0.3, 0.4) is 0 Å². The van der Waals surface area contributed by atoms with Gasteiger partial charge in [-0.2, -0.15) is 0 Å². The monoisotopic (exact) mass is 391 g/mol. The molecule has 0 saturated carbocycles. The minimum atomic E-state index is -0.282. The number of rotatable bonds is 7. The first-order valence-electron chi connectivity index (χ1n) is 8.92. The Balaban J connectivity index is 1.61. The number of nitrogens with one attached hydrogen (secondary N) is 3. The Bertz CT molecular complexity index is 1010. The molecule has 3 N–H and O–H groups in total. The van der Waals surface area contributed by atoms with E-state index in [1.807, 2.05) is 30.3 Å². The van der Waals surface area contributed by atoms with E-state index in [0.717, 1.165) is 5.56 Å². The summed E-state index contributed by atoms with van der Waals surface area (Å²) in [5, 5.41) is 8.57. The second-order valence-electron chi connectivity index (χ2n) is 6.18. The fraction of sp³-hybridized carbons (Fsp3) is 0.143. The van der Waals surface area contributed by atoms with Crippen LogP contribution in [0.5, 0.6) is 5.75 Å². The van der Waals surface area contributed by atoms with Crippen LogP contribution in [0.1, 0.15) is 22.8 Å². The molecule has 3 aromatic rings. The van der Waals surface area contributed by atoms with Gasteiger partial charge in [-0.1, -0.05) is 24.3 Å². The average Bonchev–Trinajstić information content (AvgIpc) is 2.72. The second kappa shape index (κ2) is 9.32. The number of amides is 2. The van der Waals surface area contributed by atoms with E-state index in [4.69, 9.17) is 4.74 Å². The van der Waals surface area contributed by atoms with Crippen molar-refractivity contribution < 1.29 is 14.3 Å². The zero-order chi connectivity index (χ0) is 20.6. The normalized spacial score (nSPS) is 10.1. The molecule has 1 heterocycles. The van der Waals surface area contributed by atoms with Crippen molar-refractivity contribution >= 4 is 29.1 Å². The number of methoxy groups -OCH3 is 1. The molecule has 2 amide bonds. The molecule has 8 heteroatoms. The lowest BCUT2D eigenvalue weighted by Gasteiger charge is -2.10. The smallest absolute Gasteiger partial charge is 0.254 e. The number of aromatic nitrogens is 2. The molecule has 148 valence electrons. The Morgan fingerprint density at radius 1 is 1.00 bits per heavy atom. The number of anilines is 3. The van der Waals surface area contributed by atoms with E-state index in [1.54, 1.807) is 25.3 Å². The molecule has 0 spiro atoms. The second-order valence-corrected chi connectivity index (χ2v) is 6.18. The van der Waals surface area contributed by atoms with Gasteiger partial charge in [-0.15, -0.1) is 0 Å². The molecule has 1 aromatic heterocycles. The molecule has 0 unspecified atom stereocenters. The fourth-order valence-corrected chi connectivity index (χ4v) is 2.64. The van der Waals surface area contributed by atoms with Gasteiger partial charge in [-0.3, -0.25) is 9.59 Å². The number of carbonyl (C=O) groups excluding carboxylic acids is 2. The van der Waals surface area contributed by atoms with Gasteiger partial charge >= 0.3 is 0 Å². The summed E-state index contributed by atoms with van der Waals surface area (Å²) in [5.74, 6) is 0.619. The predicted octanol–water partition coefficient (Wildman–Crippen LogP) is 3.12. The molecule has 0 aliphatic carbocycles. The van der Waals surface area contributed by atoms with Gasteiger partial charge in [0, 0.05) is 42.8 Å². The molecule has 0 bridgehead atoms. The fourth-order valence-electron chi connectivity index (χ4n) is 2.64. The Morgan fingerprint density at radius 3 is 2.45 bits per heavy atom. The molecule has 3 rings (SSSR count). The van der Waals surface area contributed by atoms with E-state index in [2.05, 4.69) is 25.9 Å². The van der Waals surface area contributed by atoms with Crippen molar-refractivity contribution in [1.29, 1.82) is 0 Å². The van der Waals surface area contributed by atoms with Gasteiger partial charge in [-0.25, -0.2) is 9.97 Å². The number of ether oxygens (including phenoxy) is 1. The number of benzene rings is 2. The van der Waals surface area contributed by atoms with Crippen molar-refractivity contribution in [3.8, 4) is 5.75 Å². The van der Waals surface area contributed by atoms with Crippen molar-refractivity contribution in [3.05, 3.63) is 72.1 Å². The highest BCUT2D eigenvalue weighted by Gasteiger charge is 2.09. The minimum Gasteiger partial charge on any atom is -0.496 e. The van der Waals surface area contributed by atoms with E-state index in [9.17, 15) is 9.59 Å². The Kier molecular flexibility index (Phi) is 6.36. The van der Waals surface area contributed by atoms with Gasteiger partial charge in [0.1, 0.15) is 5.75 Å². The van der Waals surface area contributed by atoms with Crippen molar-refractivity contribution in [2.24, 2.45) is 0 Å². The van der Waals surface area contributed by atoms with Gasteiger partial charge in [0.05, 0.1) is 12.7 Å². The van der Waals surface area contributed by atoms with Crippen LogP contribution in [0.25, 0.3) is 0 Å². The summed E-state index contributed by atoms with van der Waals surface area (Å²) in [6.07, 6.45) is 2.90. The highest BCUT2D eigenvalue weighted by molar-refractivity contribution is 5.93. The number of nitrogens with zero attached hydrogens (tertiary/aromatic N) is 2. The van der Waals surface area contributed by atoms with Crippen LogP contribution < -0.4 is 20.7 Å². The van der Waals surface area contributed by atoms with E-state index >= 15 is 0 Å². The molecule has 0 radical (unpaired) electrons. The summed E-state index contributed by atoms with van der Waals surface area (Å²) in [6.45, 7) is 1.78. The molecule has 29 heavy (non-hydrogen) atoms. The van der Waals surface area contributed by atoms with E-state index in [0.29, 0.717) is 35.2 Å². The third-order valence-corrected chi connectivity index (χ3v) is 3.99. The number of hydrogen-bond acceptors (Lipinski definition) is 6. The van der Waals surface area contributed by atoms with Gasteiger partial charge < -0.3 is 20.7 Å². The molecule has 8 nitrogen and oxygen atoms in total. The molecule has 2 aromatic carbocycles. The lowest BCUT2D eigenvalue weighted by Crippen LogP contribution is -2.23. The van der Waals surface area contributed by atoms with Gasteiger partial charge in [0.2, 0.25) is 11.9 Å². The number of carbonyl (C=O) groups is 2. The van der Waals surface area contributed by atoms with Crippen molar-refractivity contribution in [2.75, 3.05) is 17.7 Å². The largest absolute Gasteiger partial charge is 0.496 e. The Hall–Kier alpha value is -3.94. The van der Waals surface area contributed by atoms with Gasteiger partial charge in [0.25, 0.3) is 5.91 Å². The van der Waals surface area contributed by atoms with E-state index < -0.39 is 0 Å². The first-order valence-corrected chi connectivity index (χ1v) is 8.92. The maximum Gasteiger partial charge on any atom is 0.254 e. The quantitative estimate of drug-likeness (QED) is 0.572. The number of hydrogen-bond donors (Lipinski definition) is 3. The first kappa shape index (κ1) is 19.8. The maximum atomic E-state index is 12.3. The minimum absolute atomic E-state index is 0.151. The molecule has 0 fully saturated rings. The lowest BCUT2D eigenvalue weighted by atomic mass is 10.2. The van der Waals surface area contributed by atoms with Crippen LogP contribution in [0.4, 0.5) is 17.3 Å². The van der Waals surface area contributed by atoms with Crippen molar-refractivity contribution in [3.63, 3.8) is 0 Å². The van der Waals surface area contributed by atoms with Crippen molar-refractivity contribution in [1.82, 2.24) is 15.3 Å². The Morgan fingerprint density at radius 2 is 1.72 bits per heavy atom. The summed E-state index contributed by atoms with van der Waals surface area (Å²) in [6, 6.07) is 14.6. The molecule has 0 aliphatic heterocycles. The molecule has 0 atom stereocenters. The SMILES string of the molecule is COc1ccccc1CNC(=O)c1cnc(Nc2cccc(NC(C)=O)c2)nc1. The van der Waals surface area contributed by atoms with Crippen LogP contribution in [0, 0.1) is 0 Å². The van der Waals surface area contributed by atoms with Crippen LogP contribution >= 0.6 is 0 Å². The van der Waals surface area contributed by atoms with Crippen LogP contribution in [0.15, 0.2) is 60.9 Å². The Labute approximate surface area is 168 Å². The summed E-state index contributed by atoms with van der Waals surface area (Å²) in [5.41, 5.74) is 2.60. The van der Waals surface area contributed by atoms with Crippen molar-refractivity contribution in [2.45, 2.75) is 13.5 Å². The van der Waals surface area contributed by atoms with Crippen LogP contribution in [0.2, 0.25) is 0 Å². The van der Waals surface area contributed by atoms with Crippen LogP contribution in [-0.2, 0) is 11.3 Å². The summed E-state index contributed by atoms with van der Waals surface area (Å²) < 4.78 is 5.28. The zero-order valence-corrected chi connectivity index (χ0v) is 16.1. The highest BCUT2D eigenvalue weighted by atomic mass is 16.5. The summed E-state index contributed by atoms with van der Waals surface area (Å²) in [4.78, 5) is 31.9.